The van der Waals surface area contributed by atoms with E-state index in [-0.39, 0.29) is 95.2 Å². The second-order valence-corrected chi connectivity index (χ2v) is 15.7. The molecule has 30 heteroatoms. The number of carbonyl (C=O) groups is 2. The monoisotopic (exact) mass is 1030 g/mol. The van der Waals surface area contributed by atoms with Gasteiger partial charge in [0, 0.05) is 25.0 Å². The quantitative estimate of drug-likeness (QED) is 0.0398. The summed E-state index contributed by atoms with van der Waals surface area (Å²) in [6, 6.07) is 4.90. The van der Waals surface area contributed by atoms with E-state index >= 15 is 0 Å². The Morgan fingerprint density at radius 2 is 1.26 bits per heavy atom. The lowest BCUT2D eigenvalue weighted by Gasteiger charge is -2.27. The SMILES string of the molecule is C#C[C@]1(CC)O[C@@H](n2cnc3c(N)nc(F)nc32)C[C@@H]1OC(=O)OCc1oc(=O)oc1C.C#C[C@]1(CC)O[C@@H](n2cnc3c(N)nc(F)nc32)C[C@@H]1OC(=O)Oc1ccc([N+](=O)[O-])cc1.Cc1oc(=O)oc1CO. The first-order valence-electron chi connectivity index (χ1n) is 21.6. The molecule has 388 valence electrons. The summed E-state index contributed by atoms with van der Waals surface area (Å²) < 4.78 is 81.6. The van der Waals surface area contributed by atoms with Crippen LogP contribution in [0.25, 0.3) is 22.3 Å². The molecule has 2 aliphatic heterocycles. The number of aryl methyl sites for hydroxylation is 2. The fourth-order valence-electron chi connectivity index (χ4n) is 7.60. The van der Waals surface area contributed by atoms with Crippen LogP contribution >= 0.6 is 0 Å². The number of aromatic nitrogens is 8. The summed E-state index contributed by atoms with van der Waals surface area (Å²) in [7, 11) is 0. The van der Waals surface area contributed by atoms with Crippen molar-refractivity contribution in [1.29, 1.82) is 0 Å². The minimum absolute atomic E-state index is 0.0483. The van der Waals surface area contributed by atoms with Crippen molar-refractivity contribution in [2.75, 3.05) is 11.5 Å². The van der Waals surface area contributed by atoms with Gasteiger partial charge in [-0.25, -0.2) is 29.1 Å². The van der Waals surface area contributed by atoms with Gasteiger partial charge in [-0.3, -0.25) is 19.2 Å². The third-order valence-electron chi connectivity index (χ3n) is 11.4. The molecule has 2 saturated heterocycles. The molecule has 2 aliphatic rings. The molecule has 7 aromatic rings. The summed E-state index contributed by atoms with van der Waals surface area (Å²) in [4.78, 5) is 78.7. The number of anilines is 2. The number of hydrogen-bond acceptors (Lipinski definition) is 25. The zero-order valence-electron chi connectivity index (χ0n) is 39.1. The lowest BCUT2D eigenvalue weighted by atomic mass is 9.94. The van der Waals surface area contributed by atoms with Crippen molar-refractivity contribution >= 4 is 52.0 Å². The standard InChI is InChI=1S/C20H17FN6O6.C19H18FN5O7.C5H6O4/c1-3-20(4-2)13(32-19(28)31-12-7-5-11(6-8-12)27(29)30)9-14(33-20)26-10-23-15-16(22)24-18(21)25-17(15)26;1-4-19(5-2)11(31-17(26)28-7-10-9(3)29-18(27)30-10)6-12(32-19)25-8-22-13-14(21)23-16(20)24-15(13)25;1-3-4(2-6)9-5(7)8-3/h1,5-8,10,13-14H,4,9H2,2H3,(H2,22,24,25);1,8,11-12H,5-7H2,2-3H3,(H2,21,23,24);6H,2H2,1H3/t13-,14+,20+;11-,12+,19+;/m00./s1. The molecule has 0 bridgehead atoms. The predicted octanol–water partition coefficient (Wildman–Crippen LogP) is 4.60. The molecule has 0 spiro atoms. The van der Waals surface area contributed by atoms with Crippen molar-refractivity contribution in [3.05, 3.63) is 103 Å². The van der Waals surface area contributed by atoms with Gasteiger partial charge < -0.3 is 62.7 Å². The van der Waals surface area contributed by atoms with Crippen LogP contribution < -0.4 is 27.8 Å². The van der Waals surface area contributed by atoms with Crippen molar-refractivity contribution in [2.45, 2.75) is 102 Å². The minimum Gasteiger partial charge on any atom is -0.427 e. The summed E-state index contributed by atoms with van der Waals surface area (Å²) in [5.41, 5.74) is 9.25. The van der Waals surface area contributed by atoms with Crippen molar-refractivity contribution in [3.8, 4) is 30.4 Å². The van der Waals surface area contributed by atoms with Crippen LogP contribution in [0.4, 0.5) is 35.7 Å². The molecule has 6 atom stereocenters. The molecular weight excluding hydrogens is 993 g/mol. The molecule has 0 aliphatic carbocycles. The van der Waals surface area contributed by atoms with E-state index in [4.69, 9.17) is 66.7 Å². The number of nitrogen functional groups attached to an aromatic ring is 2. The van der Waals surface area contributed by atoms with E-state index in [2.05, 4.69) is 50.6 Å². The van der Waals surface area contributed by atoms with Crippen molar-refractivity contribution < 1.29 is 74.5 Å². The van der Waals surface area contributed by atoms with Gasteiger partial charge in [0.2, 0.25) is 0 Å². The number of non-ortho nitro benzene ring substituents is 1. The first-order valence-corrected chi connectivity index (χ1v) is 21.6. The van der Waals surface area contributed by atoms with Gasteiger partial charge in [-0.15, -0.1) is 12.8 Å². The van der Waals surface area contributed by atoms with Gasteiger partial charge >= 0.3 is 36.1 Å². The molecule has 2 fully saturated rings. The third kappa shape index (κ3) is 11.0. The second kappa shape index (κ2) is 21.6. The van der Waals surface area contributed by atoms with Crippen LogP contribution in [0.15, 0.2) is 64.2 Å². The van der Waals surface area contributed by atoms with Crippen LogP contribution in [-0.4, -0.2) is 84.8 Å². The number of terminal acetylenes is 2. The Kier molecular flexibility index (Phi) is 15.4. The Labute approximate surface area is 412 Å². The van der Waals surface area contributed by atoms with Gasteiger partial charge in [-0.2, -0.15) is 28.7 Å². The zero-order valence-corrected chi connectivity index (χ0v) is 39.1. The Bertz CT molecular complexity index is 3430. The lowest BCUT2D eigenvalue weighted by Crippen LogP contribution is -2.40. The van der Waals surface area contributed by atoms with Gasteiger partial charge in [-0.05, 0) is 38.8 Å². The number of nitrogens with two attached hydrogens (primary N) is 2. The highest BCUT2D eigenvalue weighted by molar-refractivity contribution is 5.82. The number of nitro benzene ring substituents is 1. The molecule has 6 aromatic heterocycles. The van der Waals surface area contributed by atoms with Gasteiger partial charge in [0.15, 0.2) is 69.1 Å². The fraction of sp³-hybridized carbons (Fsp3) is 0.364. The van der Waals surface area contributed by atoms with E-state index in [1.54, 1.807) is 20.8 Å². The third-order valence-corrected chi connectivity index (χ3v) is 11.4. The number of nitro groups is 1. The minimum atomic E-state index is -1.30. The molecule has 28 nitrogen and oxygen atoms in total. The van der Waals surface area contributed by atoms with E-state index in [0.29, 0.717) is 12.2 Å². The van der Waals surface area contributed by atoms with Crippen LogP contribution in [0.3, 0.4) is 0 Å². The Morgan fingerprint density at radius 1 is 0.797 bits per heavy atom. The van der Waals surface area contributed by atoms with E-state index in [1.165, 1.54) is 53.0 Å². The number of aliphatic hydroxyl groups excluding tert-OH is 1. The molecule has 0 saturated carbocycles. The Balaban J connectivity index is 0.000000185. The first kappa shape index (κ1) is 52.6. The van der Waals surface area contributed by atoms with Gasteiger partial charge in [0.1, 0.15) is 42.8 Å². The Hall–Kier alpha value is -9.26. The normalized spacial score (nSPS) is 20.9. The number of benzene rings is 1. The molecule has 1 aromatic carbocycles. The van der Waals surface area contributed by atoms with Crippen molar-refractivity contribution in [1.82, 2.24) is 39.0 Å². The molecule has 0 radical (unpaired) electrons. The summed E-state index contributed by atoms with van der Waals surface area (Å²) in [5, 5.41) is 19.2. The largest absolute Gasteiger partial charge is 0.519 e. The first-order chi connectivity index (χ1) is 35.3. The maximum Gasteiger partial charge on any atom is 0.519 e. The number of halogens is 2. The Morgan fingerprint density at radius 3 is 1.65 bits per heavy atom. The molecular formula is C44H41F2N11O17. The lowest BCUT2D eigenvalue weighted by molar-refractivity contribution is -0.384. The number of nitrogens with zero attached hydrogens (tertiary/aromatic N) is 9. The molecule has 5 N–H and O–H groups in total. The average Bonchev–Trinajstić information content (AvgIpc) is 4.23. The molecule has 74 heavy (non-hydrogen) atoms. The number of imidazole rings is 2. The van der Waals surface area contributed by atoms with Gasteiger partial charge in [0.05, 0.1) is 17.6 Å². The van der Waals surface area contributed by atoms with Crippen molar-refractivity contribution in [2.24, 2.45) is 0 Å². The highest BCUT2D eigenvalue weighted by Gasteiger charge is 2.52. The number of rotatable bonds is 11. The van der Waals surface area contributed by atoms with E-state index < -0.39 is 76.9 Å². The number of carbonyl (C=O) groups excluding carboxylic acids is 2. The average molecular weight is 1030 g/mol. The summed E-state index contributed by atoms with van der Waals surface area (Å²) >= 11 is 0. The zero-order chi connectivity index (χ0) is 53.6. The highest BCUT2D eigenvalue weighted by Crippen LogP contribution is 2.43. The maximum atomic E-state index is 13.7. The van der Waals surface area contributed by atoms with Crippen LogP contribution in [0.5, 0.6) is 5.75 Å². The van der Waals surface area contributed by atoms with Crippen LogP contribution in [0.1, 0.15) is 75.0 Å². The van der Waals surface area contributed by atoms with Gasteiger partial charge in [0.25, 0.3) is 5.69 Å². The van der Waals surface area contributed by atoms with E-state index in [9.17, 15) is 38.1 Å². The summed E-state index contributed by atoms with van der Waals surface area (Å²) in [6.45, 7) is 5.89. The topological polar surface area (TPSA) is 379 Å². The molecule has 9 rings (SSSR count). The summed E-state index contributed by atoms with van der Waals surface area (Å²) in [5.74, 6) is 3.95. The number of ether oxygens (including phenoxy) is 6. The predicted molar refractivity (Wildman–Crippen MR) is 242 cm³/mol. The number of aliphatic hydroxyl groups is 1. The fourth-order valence-corrected chi connectivity index (χ4v) is 7.60. The van der Waals surface area contributed by atoms with Crippen LogP contribution in [0.2, 0.25) is 0 Å². The summed E-state index contributed by atoms with van der Waals surface area (Å²) in [6.07, 6.45) is 7.33. The van der Waals surface area contributed by atoms with E-state index in [0.717, 1.165) is 0 Å². The van der Waals surface area contributed by atoms with Gasteiger partial charge in [-0.1, -0.05) is 25.7 Å². The van der Waals surface area contributed by atoms with Crippen LogP contribution in [0, 0.1) is 60.8 Å². The molecule has 0 amide bonds. The number of fused-ring (bicyclic) bond motifs is 2. The second-order valence-electron chi connectivity index (χ2n) is 15.7. The molecule has 8 heterocycles. The maximum absolute atomic E-state index is 13.7. The van der Waals surface area contributed by atoms with Crippen molar-refractivity contribution in [3.63, 3.8) is 0 Å². The molecule has 0 unspecified atom stereocenters. The van der Waals surface area contributed by atoms with Crippen LogP contribution in [-0.2, 0) is 36.9 Å². The number of hydrogen-bond donors (Lipinski definition) is 3. The van der Waals surface area contributed by atoms with E-state index in [1.807, 2.05) is 0 Å². The smallest absolute Gasteiger partial charge is 0.427 e. The highest BCUT2D eigenvalue weighted by atomic mass is 19.1.